The zero-order chi connectivity index (χ0) is 33.1. The van der Waals surface area contributed by atoms with Gasteiger partial charge < -0.3 is 19.4 Å². The molecule has 0 fully saturated rings. The van der Waals surface area contributed by atoms with Crippen LogP contribution in [0.15, 0.2) is 58.9 Å². The number of rotatable bonds is 7. The number of aryl methyl sites for hydroxylation is 4. The van der Waals surface area contributed by atoms with Crippen molar-refractivity contribution in [3.05, 3.63) is 99.1 Å². The molecule has 9 nitrogen and oxygen atoms in total. The summed E-state index contributed by atoms with van der Waals surface area (Å²) in [5.74, 6) is 2.25. The van der Waals surface area contributed by atoms with Gasteiger partial charge in [0.05, 0.1) is 64.4 Å². The van der Waals surface area contributed by atoms with E-state index in [1.807, 2.05) is 65.0 Å². The van der Waals surface area contributed by atoms with E-state index in [1.54, 1.807) is 26.6 Å². The number of fused-ring (bicyclic) bond motifs is 2. The van der Waals surface area contributed by atoms with E-state index < -0.39 is 21.6 Å². The Labute approximate surface area is 308 Å². The molecule has 13 heteroatoms. The number of imidazole rings is 1. The minimum absolute atomic E-state index is 0. The van der Waals surface area contributed by atoms with Gasteiger partial charge in [0.2, 0.25) is 0 Å². The van der Waals surface area contributed by atoms with Crippen molar-refractivity contribution in [1.29, 1.82) is 0 Å². The van der Waals surface area contributed by atoms with Gasteiger partial charge in [-0.1, -0.05) is 48.9 Å². The molecule has 5 aromatic rings. The highest BCUT2D eigenvalue weighted by Gasteiger charge is 2.21. The first-order chi connectivity index (χ1) is 22.0. The number of methoxy groups -OCH3 is 2. The van der Waals surface area contributed by atoms with Crippen LogP contribution in [0.25, 0.3) is 11.0 Å². The summed E-state index contributed by atoms with van der Waals surface area (Å²) in [6.07, 6.45) is 4.17. The predicted molar refractivity (Wildman–Crippen MR) is 212 cm³/mol. The minimum Gasteiger partial charge on any atom is -0.496 e. The fraction of sp³-hybridized carbons (Fsp3) is 0.333. The lowest BCUT2D eigenvalue weighted by atomic mass is 10.1. The monoisotopic (exact) mass is 740 g/mol. The van der Waals surface area contributed by atoms with Crippen LogP contribution in [0.5, 0.6) is 11.5 Å². The SMILES string of the molecule is C.COc1c(C)cnc(C[S@](=O)C2=Nc3ccc(C)cc3C2)c1C.COc1c(C)cnc(C[S@](=O)c2nc3cc(C)ccc3[n-]2)c1C.S.S. The molecular weight excluding hydrogens is 695 g/mol. The second-order valence-electron chi connectivity index (χ2n) is 11.4. The van der Waals surface area contributed by atoms with Gasteiger partial charge >= 0.3 is 0 Å². The van der Waals surface area contributed by atoms with Crippen LogP contribution in [-0.4, -0.2) is 42.6 Å². The molecule has 0 amide bonds. The lowest BCUT2D eigenvalue weighted by molar-refractivity contribution is 0.407. The van der Waals surface area contributed by atoms with Gasteiger partial charge in [-0.25, -0.2) is 4.99 Å². The Morgan fingerprint density at radius 3 is 1.86 bits per heavy atom. The fourth-order valence-electron chi connectivity index (χ4n) is 5.41. The van der Waals surface area contributed by atoms with Crippen LogP contribution < -0.4 is 14.5 Å². The molecule has 4 heterocycles. The number of aromatic nitrogens is 4. The molecule has 0 spiro atoms. The summed E-state index contributed by atoms with van der Waals surface area (Å²) in [6, 6.07) is 12.0. The molecule has 1 aliphatic rings. The van der Waals surface area contributed by atoms with E-state index in [4.69, 9.17) is 9.47 Å². The summed E-state index contributed by atoms with van der Waals surface area (Å²) >= 11 is 0. The van der Waals surface area contributed by atoms with E-state index in [9.17, 15) is 8.42 Å². The van der Waals surface area contributed by atoms with Crippen LogP contribution in [0.3, 0.4) is 0 Å². The summed E-state index contributed by atoms with van der Waals surface area (Å²) in [5, 5.41) is 1.08. The number of nitrogens with zero attached hydrogens (tertiary/aromatic N) is 5. The quantitative estimate of drug-likeness (QED) is 0.172. The van der Waals surface area contributed by atoms with Crippen LogP contribution in [0.4, 0.5) is 5.69 Å². The zero-order valence-corrected chi connectivity index (χ0v) is 32.1. The van der Waals surface area contributed by atoms with Gasteiger partial charge in [0.1, 0.15) is 16.5 Å². The Bertz CT molecular complexity index is 2030. The van der Waals surface area contributed by atoms with E-state index >= 15 is 0 Å². The van der Waals surface area contributed by atoms with Crippen LogP contribution in [-0.2, 0) is 39.5 Å². The standard InChI is InChI=1S/C18H20N2O2S.C17H18N3O2S.CH4.2H2S/c1-11-5-6-15-14(7-11)8-17(20-15)23(21)10-16-13(3)18(22-4)12(2)9-19-16;1-10-5-6-13-14(7-10)20-17(19-13)23(21)9-15-12(3)16(22-4)11(2)8-18-15;;;/h5-7,9H,8,10H2,1-4H3;5-8H,9H2,1-4H3;1H4;2*1H2/q;-1;;;/t2*23-;;;/m00.../s1. The fourth-order valence-corrected chi connectivity index (χ4v) is 7.70. The van der Waals surface area contributed by atoms with Crippen LogP contribution >= 0.6 is 27.0 Å². The van der Waals surface area contributed by atoms with Crippen molar-refractivity contribution in [1.82, 2.24) is 19.9 Å². The Balaban J connectivity index is 0.000000321. The van der Waals surface area contributed by atoms with Crippen molar-refractivity contribution in [2.24, 2.45) is 4.99 Å². The normalized spacial score (nSPS) is 12.6. The third-order valence-electron chi connectivity index (χ3n) is 7.89. The molecule has 264 valence electrons. The van der Waals surface area contributed by atoms with E-state index in [0.717, 1.165) is 78.0 Å². The number of ether oxygens (including phenoxy) is 2. The van der Waals surface area contributed by atoms with Crippen molar-refractivity contribution in [2.75, 3.05) is 14.2 Å². The average molecular weight is 741 g/mol. The third kappa shape index (κ3) is 9.39. The molecule has 3 aromatic heterocycles. The number of hydrogen-bond acceptors (Lipinski definition) is 8. The van der Waals surface area contributed by atoms with Crippen molar-refractivity contribution in [2.45, 2.75) is 72.1 Å². The van der Waals surface area contributed by atoms with Crippen LogP contribution in [0.2, 0.25) is 0 Å². The molecule has 49 heavy (non-hydrogen) atoms. The lowest BCUT2D eigenvalue weighted by Gasteiger charge is -2.12. The van der Waals surface area contributed by atoms with Gasteiger partial charge in [-0.2, -0.15) is 27.0 Å². The maximum Gasteiger partial charge on any atom is 0.128 e. The van der Waals surface area contributed by atoms with Gasteiger partial charge in [0.15, 0.2) is 0 Å². The van der Waals surface area contributed by atoms with E-state index in [0.29, 0.717) is 17.3 Å². The predicted octanol–water partition coefficient (Wildman–Crippen LogP) is 7.24. The molecule has 0 saturated heterocycles. The van der Waals surface area contributed by atoms with Crippen molar-refractivity contribution < 1.29 is 17.9 Å². The third-order valence-corrected chi connectivity index (χ3v) is 10.3. The largest absolute Gasteiger partial charge is 0.496 e. The number of benzene rings is 2. The molecule has 0 radical (unpaired) electrons. The van der Waals surface area contributed by atoms with Gasteiger partial charge in [-0.15, -0.1) is 0 Å². The van der Waals surface area contributed by atoms with E-state index in [2.05, 4.69) is 37.9 Å². The number of aliphatic imine (C=N–C) groups is 1. The first kappa shape index (κ1) is 41.7. The molecule has 0 unspecified atom stereocenters. The summed E-state index contributed by atoms with van der Waals surface area (Å²) in [6.45, 7) is 11.8. The second kappa shape index (κ2) is 17.9. The molecule has 6 rings (SSSR count). The Kier molecular flexibility index (Phi) is 15.2. The van der Waals surface area contributed by atoms with Gasteiger partial charge in [0, 0.05) is 46.2 Å². The van der Waals surface area contributed by atoms with Crippen LogP contribution in [0.1, 0.15) is 57.8 Å². The Morgan fingerprint density at radius 1 is 0.755 bits per heavy atom. The summed E-state index contributed by atoms with van der Waals surface area (Å²) < 4.78 is 36.1. The summed E-state index contributed by atoms with van der Waals surface area (Å²) in [5.41, 5.74) is 11.3. The first-order valence-corrected chi connectivity index (χ1v) is 17.5. The van der Waals surface area contributed by atoms with Crippen molar-refractivity contribution in [3.63, 3.8) is 0 Å². The topological polar surface area (TPSA) is 118 Å². The maximum absolute atomic E-state index is 12.7. The Morgan fingerprint density at radius 2 is 1.29 bits per heavy atom. The van der Waals surface area contributed by atoms with E-state index in [1.165, 1.54) is 5.56 Å². The molecular formula is C36H46N5O4S4-. The molecule has 1 aliphatic heterocycles. The highest BCUT2D eigenvalue weighted by Crippen LogP contribution is 2.30. The zero-order valence-electron chi connectivity index (χ0n) is 28.4. The highest BCUT2D eigenvalue weighted by molar-refractivity contribution is 8.00. The highest BCUT2D eigenvalue weighted by atomic mass is 32.2. The van der Waals surface area contributed by atoms with Crippen LogP contribution in [0, 0.1) is 41.5 Å². The van der Waals surface area contributed by atoms with Gasteiger partial charge in [0.25, 0.3) is 0 Å². The van der Waals surface area contributed by atoms with Gasteiger partial charge in [-0.3, -0.25) is 18.4 Å². The molecule has 0 saturated carbocycles. The van der Waals surface area contributed by atoms with Crippen molar-refractivity contribution in [3.8, 4) is 11.5 Å². The minimum atomic E-state index is -1.34. The average Bonchev–Trinajstić information content (AvgIpc) is 3.65. The van der Waals surface area contributed by atoms with Crippen molar-refractivity contribution >= 4 is 70.4 Å². The number of hydrogen-bond donors (Lipinski definition) is 0. The molecule has 2 aromatic carbocycles. The second-order valence-corrected chi connectivity index (χ2v) is 14.2. The smallest absolute Gasteiger partial charge is 0.128 e. The number of pyridine rings is 2. The Hall–Kier alpha value is -3.52. The molecule has 0 bridgehead atoms. The maximum atomic E-state index is 12.7. The van der Waals surface area contributed by atoms with E-state index in [-0.39, 0.29) is 40.2 Å². The van der Waals surface area contributed by atoms with Gasteiger partial charge in [-0.05, 0) is 64.2 Å². The molecule has 0 aliphatic carbocycles. The summed E-state index contributed by atoms with van der Waals surface area (Å²) in [4.78, 5) is 22.1. The molecule has 2 atom stereocenters. The molecule has 0 N–H and O–H groups in total. The first-order valence-electron chi connectivity index (χ1n) is 14.8. The lowest BCUT2D eigenvalue weighted by Crippen LogP contribution is -2.12. The summed E-state index contributed by atoms with van der Waals surface area (Å²) in [7, 11) is 0.764.